The van der Waals surface area contributed by atoms with E-state index in [1.807, 2.05) is 6.92 Å². The van der Waals surface area contributed by atoms with Gasteiger partial charge in [-0.2, -0.15) is 0 Å². The number of likely N-dealkylation sites (tertiary alicyclic amines) is 1. The Balaban J connectivity index is 2.41. The minimum Gasteiger partial charge on any atom is -0.480 e. The van der Waals surface area contributed by atoms with Gasteiger partial charge in [-0.15, -0.1) is 0 Å². The number of carbonyl (C=O) groups is 2. The molecule has 6 nitrogen and oxygen atoms in total. The number of nitrogens with zero attached hydrogens (tertiary/aromatic N) is 1. The molecule has 2 N–H and O–H groups in total. The minimum atomic E-state index is -1.06. The topological polar surface area (TPSA) is 87.1 Å². The second-order valence-electron chi connectivity index (χ2n) is 4.09. The second kappa shape index (κ2) is 6.56. The van der Waals surface area contributed by atoms with E-state index in [9.17, 15) is 14.7 Å². The molecule has 0 saturated carbocycles. The molecule has 0 bridgehead atoms. The van der Waals surface area contributed by atoms with Crippen molar-refractivity contribution in [2.45, 2.75) is 38.3 Å². The average Bonchev–Trinajstić information content (AvgIpc) is 2.66. The van der Waals surface area contributed by atoms with E-state index in [0.29, 0.717) is 19.6 Å². The monoisotopic (exact) mass is 245 g/mol. The zero-order valence-corrected chi connectivity index (χ0v) is 9.96. The van der Waals surface area contributed by atoms with Crippen molar-refractivity contribution in [3.8, 4) is 0 Å². The maximum atomic E-state index is 11.8. The van der Waals surface area contributed by atoms with Crippen LogP contribution in [0.15, 0.2) is 0 Å². The Labute approximate surface area is 100 Å². The number of amides is 1. The molecule has 0 aromatic carbocycles. The van der Waals surface area contributed by atoms with Crippen LogP contribution in [0.3, 0.4) is 0 Å². The summed E-state index contributed by atoms with van der Waals surface area (Å²) in [6.45, 7) is 3.09. The molecule has 1 heterocycles. The zero-order chi connectivity index (χ0) is 12.8. The molecule has 0 spiro atoms. The molecule has 1 fully saturated rings. The smallest absolute Gasteiger partial charge is 0.326 e. The standard InChI is InChI=1S/C11H19NO5/c1-2-17-5-3-4-10(14)12-7-8(13)6-9(12)11(15)16/h8-9,13H,2-7H2,1H3,(H,15,16)/t8?,9-/m0/s1. The number of carboxylic acids is 1. The lowest BCUT2D eigenvalue weighted by Gasteiger charge is -2.21. The quantitative estimate of drug-likeness (QED) is 0.635. The molecule has 0 aromatic heterocycles. The van der Waals surface area contributed by atoms with Crippen LogP contribution >= 0.6 is 0 Å². The van der Waals surface area contributed by atoms with E-state index in [-0.39, 0.29) is 25.3 Å². The first-order valence-corrected chi connectivity index (χ1v) is 5.84. The zero-order valence-electron chi connectivity index (χ0n) is 9.96. The Hall–Kier alpha value is -1.14. The first-order valence-electron chi connectivity index (χ1n) is 5.84. The molecule has 0 aliphatic carbocycles. The Morgan fingerprint density at radius 1 is 1.47 bits per heavy atom. The molecule has 2 atom stereocenters. The van der Waals surface area contributed by atoms with Crippen molar-refractivity contribution < 1.29 is 24.5 Å². The van der Waals surface area contributed by atoms with Crippen molar-refractivity contribution >= 4 is 11.9 Å². The summed E-state index contributed by atoms with van der Waals surface area (Å²) in [6.07, 6.45) is 0.223. The summed E-state index contributed by atoms with van der Waals surface area (Å²) in [5.41, 5.74) is 0. The summed E-state index contributed by atoms with van der Waals surface area (Å²) in [4.78, 5) is 23.9. The van der Waals surface area contributed by atoms with Gasteiger partial charge in [0.15, 0.2) is 0 Å². The maximum Gasteiger partial charge on any atom is 0.326 e. The van der Waals surface area contributed by atoms with Crippen LogP contribution in [0.4, 0.5) is 0 Å². The lowest BCUT2D eigenvalue weighted by Crippen LogP contribution is -2.40. The number of hydrogen-bond acceptors (Lipinski definition) is 4. The molecule has 0 radical (unpaired) electrons. The minimum absolute atomic E-state index is 0.116. The van der Waals surface area contributed by atoms with Gasteiger partial charge in [0.25, 0.3) is 0 Å². The van der Waals surface area contributed by atoms with E-state index in [0.717, 1.165) is 0 Å². The lowest BCUT2D eigenvalue weighted by molar-refractivity contribution is -0.148. The molecule has 1 saturated heterocycles. The number of β-amino-alcohol motifs (C(OH)–C–C–N with tert-alkyl or cyclic N) is 1. The van der Waals surface area contributed by atoms with Crippen LogP contribution in [0.25, 0.3) is 0 Å². The van der Waals surface area contributed by atoms with Crippen molar-refractivity contribution in [3.63, 3.8) is 0 Å². The van der Waals surface area contributed by atoms with Crippen LogP contribution in [0.2, 0.25) is 0 Å². The first-order chi connectivity index (χ1) is 8.06. The van der Waals surface area contributed by atoms with Crippen molar-refractivity contribution in [1.29, 1.82) is 0 Å². The number of carboxylic acid groups (broad SMARTS) is 1. The van der Waals surface area contributed by atoms with Gasteiger partial charge in [0, 0.05) is 32.6 Å². The van der Waals surface area contributed by atoms with E-state index in [4.69, 9.17) is 9.84 Å². The third kappa shape index (κ3) is 3.98. The third-order valence-corrected chi connectivity index (χ3v) is 2.77. The fraction of sp³-hybridized carbons (Fsp3) is 0.818. The molecule has 1 aliphatic rings. The van der Waals surface area contributed by atoms with E-state index >= 15 is 0 Å². The van der Waals surface area contributed by atoms with Gasteiger partial charge >= 0.3 is 5.97 Å². The number of carbonyl (C=O) groups excluding carboxylic acids is 1. The van der Waals surface area contributed by atoms with Crippen LogP contribution in [-0.2, 0) is 14.3 Å². The van der Waals surface area contributed by atoms with Crippen LogP contribution in [0.5, 0.6) is 0 Å². The number of hydrogen-bond donors (Lipinski definition) is 2. The highest BCUT2D eigenvalue weighted by atomic mass is 16.5. The highest BCUT2D eigenvalue weighted by Crippen LogP contribution is 2.19. The molecule has 17 heavy (non-hydrogen) atoms. The average molecular weight is 245 g/mol. The Kier molecular flexibility index (Phi) is 5.37. The summed E-state index contributed by atoms with van der Waals surface area (Å²) < 4.78 is 5.11. The van der Waals surface area contributed by atoms with E-state index < -0.39 is 18.1 Å². The third-order valence-electron chi connectivity index (χ3n) is 2.77. The van der Waals surface area contributed by atoms with Gasteiger partial charge in [0.1, 0.15) is 6.04 Å². The fourth-order valence-corrected chi connectivity index (χ4v) is 1.94. The molecule has 1 amide bonds. The van der Waals surface area contributed by atoms with Gasteiger partial charge < -0.3 is 19.8 Å². The predicted octanol–water partition coefficient (Wildman–Crippen LogP) is -0.151. The van der Waals surface area contributed by atoms with Gasteiger partial charge in [0.2, 0.25) is 5.91 Å². The van der Waals surface area contributed by atoms with E-state index in [1.54, 1.807) is 0 Å². The molecule has 1 aliphatic heterocycles. The predicted molar refractivity (Wildman–Crippen MR) is 59.5 cm³/mol. The number of aliphatic hydroxyl groups excluding tert-OH is 1. The number of aliphatic hydroxyl groups is 1. The normalized spacial score (nSPS) is 24.0. The van der Waals surface area contributed by atoms with Crippen molar-refractivity contribution in [2.24, 2.45) is 0 Å². The number of ether oxygens (including phenoxy) is 1. The first kappa shape index (κ1) is 13.9. The number of aliphatic carboxylic acids is 1. The van der Waals surface area contributed by atoms with Gasteiger partial charge in [0.05, 0.1) is 6.10 Å². The molecule has 6 heteroatoms. The van der Waals surface area contributed by atoms with Crippen molar-refractivity contribution in [2.75, 3.05) is 19.8 Å². The SMILES string of the molecule is CCOCCCC(=O)N1CC(O)C[C@H]1C(=O)O. The summed E-state index contributed by atoms with van der Waals surface area (Å²) in [6, 6.07) is -0.885. The summed E-state index contributed by atoms with van der Waals surface area (Å²) >= 11 is 0. The van der Waals surface area contributed by atoms with E-state index in [1.165, 1.54) is 4.90 Å². The van der Waals surface area contributed by atoms with Gasteiger partial charge in [-0.05, 0) is 13.3 Å². The van der Waals surface area contributed by atoms with Gasteiger partial charge in [-0.3, -0.25) is 4.79 Å². The largest absolute Gasteiger partial charge is 0.480 e. The van der Waals surface area contributed by atoms with Crippen LogP contribution in [0.1, 0.15) is 26.2 Å². The maximum absolute atomic E-state index is 11.8. The van der Waals surface area contributed by atoms with Crippen LogP contribution in [0, 0.1) is 0 Å². The highest BCUT2D eigenvalue weighted by Gasteiger charge is 2.38. The summed E-state index contributed by atoms with van der Waals surface area (Å²) in [7, 11) is 0. The van der Waals surface area contributed by atoms with Gasteiger partial charge in [-0.25, -0.2) is 4.79 Å². The second-order valence-corrected chi connectivity index (χ2v) is 4.09. The molecule has 1 unspecified atom stereocenters. The van der Waals surface area contributed by atoms with Crippen molar-refractivity contribution in [3.05, 3.63) is 0 Å². The number of rotatable bonds is 6. The van der Waals surface area contributed by atoms with Gasteiger partial charge in [-0.1, -0.05) is 0 Å². The highest BCUT2D eigenvalue weighted by molar-refractivity contribution is 5.84. The molecular formula is C11H19NO5. The fourth-order valence-electron chi connectivity index (χ4n) is 1.94. The molecule has 0 aromatic rings. The Morgan fingerprint density at radius 2 is 2.18 bits per heavy atom. The molecular weight excluding hydrogens is 226 g/mol. The summed E-state index contributed by atoms with van der Waals surface area (Å²) in [5, 5.41) is 18.3. The van der Waals surface area contributed by atoms with Crippen LogP contribution < -0.4 is 0 Å². The molecule has 1 rings (SSSR count). The lowest BCUT2D eigenvalue weighted by atomic mass is 10.2. The Morgan fingerprint density at radius 3 is 2.76 bits per heavy atom. The van der Waals surface area contributed by atoms with Crippen LogP contribution in [-0.4, -0.2) is 58.9 Å². The molecule has 98 valence electrons. The summed E-state index contributed by atoms with van der Waals surface area (Å²) in [5.74, 6) is -1.28. The van der Waals surface area contributed by atoms with E-state index in [2.05, 4.69) is 0 Å². The van der Waals surface area contributed by atoms with Crippen molar-refractivity contribution in [1.82, 2.24) is 4.90 Å². The Bertz CT molecular complexity index is 281.